The Labute approximate surface area is 167 Å². The average molecular weight is 408 g/mol. The van der Waals surface area contributed by atoms with E-state index in [0.29, 0.717) is 33.3 Å². The van der Waals surface area contributed by atoms with Crippen LogP contribution in [-0.4, -0.2) is 34.4 Å². The summed E-state index contributed by atoms with van der Waals surface area (Å²) in [6.07, 6.45) is -0.735. The molecule has 0 aliphatic carbocycles. The van der Waals surface area contributed by atoms with Gasteiger partial charge in [-0.1, -0.05) is 11.6 Å². The minimum Gasteiger partial charge on any atom is -0.454 e. The number of aromatic amines is 1. The lowest BCUT2D eigenvalue weighted by atomic mass is 10.0. The summed E-state index contributed by atoms with van der Waals surface area (Å²) in [6, 6.07) is 7.35. The lowest BCUT2D eigenvalue weighted by Gasteiger charge is -2.12. The Bertz CT molecular complexity index is 858. The molecule has 1 aromatic heterocycles. The molecule has 1 atom stereocenters. The molecule has 0 aliphatic heterocycles. The molecule has 7 heteroatoms. The van der Waals surface area contributed by atoms with Gasteiger partial charge in [0.1, 0.15) is 0 Å². The maximum Gasteiger partial charge on any atom is 0.307 e. The molecule has 0 fully saturated rings. The van der Waals surface area contributed by atoms with Crippen LogP contribution in [0.5, 0.6) is 0 Å². The van der Waals surface area contributed by atoms with Gasteiger partial charge in [0, 0.05) is 26.9 Å². The number of ketones is 2. The van der Waals surface area contributed by atoms with Gasteiger partial charge in [-0.25, -0.2) is 0 Å². The predicted octanol–water partition coefficient (Wildman–Crippen LogP) is 4.78. The second kappa shape index (κ2) is 9.24. The van der Waals surface area contributed by atoms with E-state index < -0.39 is 12.1 Å². The van der Waals surface area contributed by atoms with Crippen LogP contribution in [0.1, 0.15) is 52.4 Å². The number of thioether (sulfide) groups is 1. The van der Waals surface area contributed by atoms with Crippen molar-refractivity contribution in [3.05, 3.63) is 51.8 Å². The van der Waals surface area contributed by atoms with Gasteiger partial charge < -0.3 is 9.72 Å². The summed E-state index contributed by atoms with van der Waals surface area (Å²) in [5.41, 5.74) is 2.05. The van der Waals surface area contributed by atoms with Gasteiger partial charge in [-0.2, -0.15) is 0 Å². The molecule has 0 radical (unpaired) electrons. The number of rotatable bonds is 8. The molecule has 0 bridgehead atoms. The van der Waals surface area contributed by atoms with Gasteiger partial charge in [0.05, 0.1) is 12.1 Å². The van der Waals surface area contributed by atoms with Gasteiger partial charge >= 0.3 is 5.97 Å². The minimum atomic E-state index is -0.922. The Morgan fingerprint density at radius 1 is 1.19 bits per heavy atom. The van der Waals surface area contributed by atoms with E-state index in [2.05, 4.69) is 4.98 Å². The number of nitrogens with one attached hydrogen (secondary N) is 1. The van der Waals surface area contributed by atoms with Crippen molar-refractivity contribution in [1.29, 1.82) is 0 Å². The Morgan fingerprint density at radius 3 is 2.37 bits per heavy atom. The molecule has 1 N–H and O–H groups in total. The molecular weight excluding hydrogens is 386 g/mol. The number of ether oxygens (including phenoxy) is 1. The highest BCUT2D eigenvalue weighted by atomic mass is 35.5. The summed E-state index contributed by atoms with van der Waals surface area (Å²) in [5.74, 6) is -0.354. The van der Waals surface area contributed by atoms with E-state index in [1.54, 1.807) is 26.0 Å². The van der Waals surface area contributed by atoms with Crippen molar-refractivity contribution in [2.24, 2.45) is 0 Å². The van der Waals surface area contributed by atoms with Crippen LogP contribution >= 0.6 is 23.4 Å². The molecule has 0 saturated carbocycles. The third kappa shape index (κ3) is 5.47. The first-order valence-electron chi connectivity index (χ1n) is 8.52. The van der Waals surface area contributed by atoms with Gasteiger partial charge in [0.25, 0.3) is 0 Å². The number of Topliss-reactive ketones (excluding diaryl/α,β-unsaturated/α-hetero) is 2. The highest BCUT2D eigenvalue weighted by molar-refractivity contribution is 7.99. The zero-order valence-electron chi connectivity index (χ0n) is 15.7. The predicted molar refractivity (Wildman–Crippen MR) is 107 cm³/mol. The van der Waals surface area contributed by atoms with E-state index in [-0.39, 0.29) is 18.0 Å². The van der Waals surface area contributed by atoms with Gasteiger partial charge in [-0.15, -0.1) is 11.8 Å². The van der Waals surface area contributed by atoms with Crippen LogP contribution in [0.15, 0.2) is 29.2 Å². The first-order chi connectivity index (χ1) is 12.7. The molecule has 5 nitrogen and oxygen atoms in total. The first kappa shape index (κ1) is 21.3. The van der Waals surface area contributed by atoms with Crippen molar-refractivity contribution in [2.75, 3.05) is 5.75 Å². The van der Waals surface area contributed by atoms with Gasteiger partial charge in [-0.3, -0.25) is 14.4 Å². The lowest BCUT2D eigenvalue weighted by Crippen LogP contribution is -2.25. The van der Waals surface area contributed by atoms with Crippen LogP contribution in [0.4, 0.5) is 0 Å². The summed E-state index contributed by atoms with van der Waals surface area (Å²) >= 11 is 7.35. The highest BCUT2D eigenvalue weighted by Crippen LogP contribution is 2.22. The summed E-state index contributed by atoms with van der Waals surface area (Å²) in [5, 5.41) is 0.661. The van der Waals surface area contributed by atoms with E-state index in [1.807, 2.05) is 12.1 Å². The molecule has 0 aliphatic rings. The fraction of sp³-hybridized carbons (Fsp3) is 0.350. The maximum atomic E-state index is 12.6. The number of carbonyl (C=O) groups is 3. The normalized spacial score (nSPS) is 11.9. The summed E-state index contributed by atoms with van der Waals surface area (Å²) in [7, 11) is 0. The number of aromatic nitrogens is 1. The van der Waals surface area contributed by atoms with E-state index in [0.717, 1.165) is 4.90 Å². The zero-order valence-corrected chi connectivity index (χ0v) is 17.3. The van der Waals surface area contributed by atoms with E-state index in [4.69, 9.17) is 16.3 Å². The van der Waals surface area contributed by atoms with Crippen LogP contribution in [0.25, 0.3) is 0 Å². The molecule has 2 aromatic rings. The first-order valence-corrected chi connectivity index (χ1v) is 9.89. The number of hydrogen-bond donors (Lipinski definition) is 1. The van der Waals surface area contributed by atoms with Gasteiger partial charge in [0.15, 0.2) is 11.9 Å². The number of carbonyl (C=O) groups excluding carboxylic acids is 3. The SMILES string of the molecule is CC(=O)c1c(C)[nH]c(C(=O)[C@@H](C)OC(=O)CCSc2ccc(Cl)cc2)c1C. The third-order valence-electron chi connectivity index (χ3n) is 4.10. The molecule has 0 spiro atoms. The molecule has 144 valence electrons. The monoisotopic (exact) mass is 407 g/mol. The number of esters is 1. The molecule has 0 amide bonds. The van der Waals surface area contributed by atoms with Crippen molar-refractivity contribution < 1.29 is 19.1 Å². The number of hydrogen-bond acceptors (Lipinski definition) is 5. The zero-order chi connectivity index (χ0) is 20.1. The Morgan fingerprint density at radius 2 is 1.81 bits per heavy atom. The Kier molecular flexibility index (Phi) is 7.27. The van der Waals surface area contributed by atoms with Crippen molar-refractivity contribution in [3.8, 4) is 0 Å². The second-order valence-corrected chi connectivity index (χ2v) is 7.83. The molecule has 0 saturated heterocycles. The fourth-order valence-electron chi connectivity index (χ4n) is 2.82. The van der Waals surface area contributed by atoms with Crippen LogP contribution in [0, 0.1) is 13.8 Å². The quantitative estimate of drug-likeness (QED) is 0.387. The third-order valence-corrected chi connectivity index (χ3v) is 5.37. The standard InChI is InChI=1S/C20H22ClNO4S/c1-11-18(13(3)23)12(2)22-19(11)20(25)14(4)26-17(24)9-10-27-16-7-5-15(21)6-8-16/h5-8,14,22H,9-10H2,1-4H3/t14-/m1/s1. The van der Waals surface area contributed by atoms with Crippen molar-refractivity contribution in [2.45, 2.75) is 45.1 Å². The van der Waals surface area contributed by atoms with Gasteiger partial charge in [0.2, 0.25) is 5.78 Å². The minimum absolute atomic E-state index is 0.107. The maximum absolute atomic E-state index is 12.6. The van der Waals surface area contributed by atoms with Crippen LogP contribution in [-0.2, 0) is 9.53 Å². The molecule has 0 unspecified atom stereocenters. The average Bonchev–Trinajstić information content (AvgIpc) is 2.90. The lowest BCUT2D eigenvalue weighted by molar-refractivity contribution is -0.145. The van der Waals surface area contributed by atoms with Crippen LogP contribution in [0.3, 0.4) is 0 Å². The number of benzene rings is 1. The number of aryl methyl sites for hydroxylation is 1. The molecule has 2 rings (SSSR count). The van der Waals surface area contributed by atoms with E-state index >= 15 is 0 Å². The Balaban J connectivity index is 1.90. The van der Waals surface area contributed by atoms with E-state index in [1.165, 1.54) is 25.6 Å². The summed E-state index contributed by atoms with van der Waals surface area (Å²) in [6.45, 7) is 6.45. The highest BCUT2D eigenvalue weighted by Gasteiger charge is 2.25. The van der Waals surface area contributed by atoms with Gasteiger partial charge in [-0.05, 0) is 57.5 Å². The molecule has 27 heavy (non-hydrogen) atoms. The largest absolute Gasteiger partial charge is 0.454 e. The summed E-state index contributed by atoms with van der Waals surface area (Å²) in [4.78, 5) is 40.2. The number of halogens is 1. The van der Waals surface area contributed by atoms with Crippen LogP contribution < -0.4 is 0 Å². The smallest absolute Gasteiger partial charge is 0.307 e. The van der Waals surface area contributed by atoms with E-state index in [9.17, 15) is 14.4 Å². The van der Waals surface area contributed by atoms with Crippen molar-refractivity contribution in [1.82, 2.24) is 4.98 Å². The fourth-order valence-corrected chi connectivity index (χ4v) is 3.78. The topological polar surface area (TPSA) is 76.2 Å². The molecule has 1 heterocycles. The second-order valence-electron chi connectivity index (χ2n) is 6.23. The van der Waals surface area contributed by atoms with Crippen molar-refractivity contribution >= 4 is 40.9 Å². The van der Waals surface area contributed by atoms with Crippen LogP contribution in [0.2, 0.25) is 5.02 Å². The number of H-pyrrole nitrogens is 1. The Hall–Kier alpha value is -2.05. The molecule has 1 aromatic carbocycles. The summed E-state index contributed by atoms with van der Waals surface area (Å²) < 4.78 is 5.26. The molecular formula is C20H22ClNO4S. The van der Waals surface area contributed by atoms with Crippen molar-refractivity contribution in [3.63, 3.8) is 0 Å².